The van der Waals surface area contributed by atoms with Gasteiger partial charge in [0.1, 0.15) is 5.75 Å². The van der Waals surface area contributed by atoms with Gasteiger partial charge in [0.2, 0.25) is 0 Å². The fraction of sp³-hybridized carbons (Fsp3) is 0.636. The zero-order valence-corrected chi connectivity index (χ0v) is 18.2. The molecule has 1 aromatic carbocycles. The molecule has 162 valence electrons. The lowest BCUT2D eigenvalue weighted by Crippen LogP contribution is -2.38. The Morgan fingerprint density at radius 2 is 1.79 bits per heavy atom. The fourth-order valence-electron chi connectivity index (χ4n) is 4.12. The number of esters is 1. The van der Waals surface area contributed by atoms with Gasteiger partial charge in [-0.1, -0.05) is 0 Å². The summed E-state index contributed by atoms with van der Waals surface area (Å²) in [6.07, 6.45) is 5.44. The number of halogens is 1. The molecule has 3 rings (SSSR count). The number of benzene rings is 1. The molecular formula is C22H33ClN2O4. The number of piperidine rings is 1. The van der Waals surface area contributed by atoms with E-state index in [0.29, 0.717) is 11.5 Å². The minimum absolute atomic E-state index is 0. The minimum Gasteiger partial charge on any atom is -0.493 e. The SMILES string of the molecule is COC(=O)C1CCC(NC(=O)c2ccc(OCC3CCNCC3)c(C)c2)CC1.Cl. The maximum Gasteiger partial charge on any atom is 0.308 e. The normalized spacial score (nSPS) is 22.3. The molecule has 0 bridgehead atoms. The summed E-state index contributed by atoms with van der Waals surface area (Å²) in [5, 5.41) is 6.47. The van der Waals surface area contributed by atoms with Crippen molar-refractivity contribution in [2.24, 2.45) is 11.8 Å². The van der Waals surface area contributed by atoms with Crippen molar-refractivity contribution in [3.8, 4) is 5.75 Å². The summed E-state index contributed by atoms with van der Waals surface area (Å²) >= 11 is 0. The van der Waals surface area contributed by atoms with Gasteiger partial charge in [0.25, 0.3) is 5.91 Å². The van der Waals surface area contributed by atoms with Crippen molar-refractivity contribution in [3.63, 3.8) is 0 Å². The van der Waals surface area contributed by atoms with Crippen molar-refractivity contribution in [2.45, 2.75) is 51.5 Å². The summed E-state index contributed by atoms with van der Waals surface area (Å²) in [6.45, 7) is 4.84. The first-order valence-electron chi connectivity index (χ1n) is 10.4. The Kier molecular flexibility index (Phi) is 9.24. The number of amides is 1. The van der Waals surface area contributed by atoms with Gasteiger partial charge in [-0.25, -0.2) is 0 Å². The van der Waals surface area contributed by atoms with Crippen LogP contribution < -0.4 is 15.4 Å². The molecule has 1 heterocycles. The van der Waals surface area contributed by atoms with E-state index in [4.69, 9.17) is 9.47 Å². The molecule has 1 saturated carbocycles. The Morgan fingerprint density at radius 1 is 1.10 bits per heavy atom. The first-order chi connectivity index (χ1) is 13.6. The smallest absolute Gasteiger partial charge is 0.308 e. The van der Waals surface area contributed by atoms with E-state index in [1.807, 2.05) is 25.1 Å². The molecule has 0 radical (unpaired) electrons. The summed E-state index contributed by atoms with van der Waals surface area (Å²) in [7, 11) is 1.43. The molecule has 1 saturated heterocycles. The van der Waals surface area contributed by atoms with E-state index in [1.54, 1.807) is 0 Å². The van der Waals surface area contributed by atoms with Crippen LogP contribution in [0.15, 0.2) is 18.2 Å². The van der Waals surface area contributed by atoms with Gasteiger partial charge in [0.15, 0.2) is 0 Å². The summed E-state index contributed by atoms with van der Waals surface area (Å²) < 4.78 is 10.8. The highest BCUT2D eigenvalue weighted by atomic mass is 35.5. The average molecular weight is 425 g/mol. The number of methoxy groups -OCH3 is 1. The molecule has 1 amide bonds. The second-order valence-electron chi connectivity index (χ2n) is 8.03. The van der Waals surface area contributed by atoms with Gasteiger partial charge < -0.3 is 20.1 Å². The molecule has 0 unspecified atom stereocenters. The van der Waals surface area contributed by atoms with Gasteiger partial charge in [-0.05, 0) is 88.2 Å². The van der Waals surface area contributed by atoms with Crippen molar-refractivity contribution in [3.05, 3.63) is 29.3 Å². The number of aryl methyl sites for hydroxylation is 1. The van der Waals surface area contributed by atoms with Crippen LogP contribution >= 0.6 is 12.4 Å². The van der Waals surface area contributed by atoms with Crippen LogP contribution in [0.2, 0.25) is 0 Å². The molecule has 7 heteroatoms. The highest BCUT2D eigenvalue weighted by Crippen LogP contribution is 2.26. The van der Waals surface area contributed by atoms with Crippen molar-refractivity contribution < 1.29 is 19.1 Å². The monoisotopic (exact) mass is 424 g/mol. The van der Waals surface area contributed by atoms with Crippen LogP contribution in [0.4, 0.5) is 0 Å². The second-order valence-corrected chi connectivity index (χ2v) is 8.03. The Labute approximate surface area is 179 Å². The molecule has 0 spiro atoms. The van der Waals surface area contributed by atoms with E-state index in [9.17, 15) is 9.59 Å². The summed E-state index contributed by atoms with van der Waals surface area (Å²) in [6, 6.07) is 5.75. The zero-order valence-electron chi connectivity index (χ0n) is 17.4. The average Bonchev–Trinajstić information content (AvgIpc) is 2.73. The molecule has 2 N–H and O–H groups in total. The third-order valence-electron chi connectivity index (χ3n) is 5.97. The van der Waals surface area contributed by atoms with Gasteiger partial charge >= 0.3 is 5.97 Å². The van der Waals surface area contributed by atoms with E-state index in [0.717, 1.165) is 69.5 Å². The number of hydrogen-bond donors (Lipinski definition) is 2. The zero-order chi connectivity index (χ0) is 19.9. The van der Waals surface area contributed by atoms with E-state index in [-0.39, 0.29) is 36.2 Å². The molecule has 0 aromatic heterocycles. The predicted molar refractivity (Wildman–Crippen MR) is 115 cm³/mol. The summed E-state index contributed by atoms with van der Waals surface area (Å²) in [4.78, 5) is 24.2. The Hall–Kier alpha value is -1.79. The van der Waals surface area contributed by atoms with Crippen LogP contribution in [0.1, 0.15) is 54.4 Å². The van der Waals surface area contributed by atoms with E-state index in [1.165, 1.54) is 7.11 Å². The molecule has 1 aromatic rings. The third-order valence-corrected chi connectivity index (χ3v) is 5.97. The van der Waals surface area contributed by atoms with Crippen molar-refractivity contribution in [2.75, 3.05) is 26.8 Å². The Morgan fingerprint density at radius 3 is 2.41 bits per heavy atom. The molecule has 0 atom stereocenters. The first-order valence-corrected chi connectivity index (χ1v) is 10.4. The number of hydrogen-bond acceptors (Lipinski definition) is 5. The Bertz CT molecular complexity index is 683. The van der Waals surface area contributed by atoms with Gasteiger partial charge in [0.05, 0.1) is 19.6 Å². The quantitative estimate of drug-likeness (QED) is 0.685. The van der Waals surface area contributed by atoms with Gasteiger partial charge in [-0.3, -0.25) is 9.59 Å². The summed E-state index contributed by atoms with van der Waals surface area (Å²) in [5.41, 5.74) is 1.64. The fourth-order valence-corrected chi connectivity index (χ4v) is 4.12. The number of nitrogens with one attached hydrogen (secondary N) is 2. The van der Waals surface area contributed by atoms with E-state index in [2.05, 4.69) is 10.6 Å². The first kappa shape index (κ1) is 23.5. The molecule has 1 aliphatic carbocycles. The van der Waals surface area contributed by atoms with Crippen LogP contribution in [0.25, 0.3) is 0 Å². The van der Waals surface area contributed by atoms with Crippen molar-refractivity contribution in [1.82, 2.24) is 10.6 Å². The second kappa shape index (κ2) is 11.4. The highest BCUT2D eigenvalue weighted by molar-refractivity contribution is 5.94. The molecule has 6 nitrogen and oxygen atoms in total. The van der Waals surface area contributed by atoms with E-state index < -0.39 is 0 Å². The lowest BCUT2D eigenvalue weighted by atomic mass is 9.86. The number of carbonyl (C=O) groups excluding carboxylic acids is 2. The van der Waals surface area contributed by atoms with Crippen molar-refractivity contribution in [1.29, 1.82) is 0 Å². The molecule has 1 aliphatic heterocycles. The Balaban J connectivity index is 0.00000300. The van der Waals surface area contributed by atoms with Gasteiger partial charge in [-0.15, -0.1) is 12.4 Å². The predicted octanol–water partition coefficient (Wildman–Crippen LogP) is 3.26. The lowest BCUT2D eigenvalue weighted by molar-refractivity contribution is -0.146. The molecule has 2 fully saturated rings. The molecule has 29 heavy (non-hydrogen) atoms. The van der Waals surface area contributed by atoms with Gasteiger partial charge in [0, 0.05) is 11.6 Å². The number of carbonyl (C=O) groups is 2. The molecular weight excluding hydrogens is 392 g/mol. The van der Waals surface area contributed by atoms with Crippen LogP contribution in [0, 0.1) is 18.8 Å². The van der Waals surface area contributed by atoms with Crippen LogP contribution in [-0.2, 0) is 9.53 Å². The van der Waals surface area contributed by atoms with Gasteiger partial charge in [-0.2, -0.15) is 0 Å². The van der Waals surface area contributed by atoms with Crippen LogP contribution in [0.3, 0.4) is 0 Å². The van der Waals surface area contributed by atoms with Crippen LogP contribution in [-0.4, -0.2) is 44.7 Å². The maximum absolute atomic E-state index is 12.6. The summed E-state index contributed by atoms with van der Waals surface area (Å²) in [5.74, 6) is 1.23. The van der Waals surface area contributed by atoms with Crippen LogP contribution in [0.5, 0.6) is 5.75 Å². The topological polar surface area (TPSA) is 76.7 Å². The standard InChI is InChI=1S/C22H32N2O4.ClH/c1-15-13-18(5-8-20(15)28-14-16-9-11-23-12-10-16)21(25)24-19-6-3-17(4-7-19)22(26)27-2;/h5,8,13,16-17,19,23H,3-4,6-7,9-12,14H2,1-2H3,(H,24,25);1H. The van der Waals surface area contributed by atoms with E-state index >= 15 is 0 Å². The number of ether oxygens (including phenoxy) is 2. The molecule has 2 aliphatic rings. The largest absolute Gasteiger partial charge is 0.493 e. The lowest BCUT2D eigenvalue weighted by Gasteiger charge is -2.27. The highest BCUT2D eigenvalue weighted by Gasteiger charge is 2.27. The minimum atomic E-state index is -0.138. The number of rotatable bonds is 6. The third kappa shape index (κ3) is 6.61. The van der Waals surface area contributed by atoms with Crippen molar-refractivity contribution >= 4 is 24.3 Å². The maximum atomic E-state index is 12.6.